The van der Waals surface area contributed by atoms with Gasteiger partial charge < -0.3 is 5.32 Å². The van der Waals surface area contributed by atoms with E-state index in [2.05, 4.69) is 5.32 Å². The van der Waals surface area contributed by atoms with E-state index in [-0.39, 0.29) is 16.4 Å². The van der Waals surface area contributed by atoms with Crippen molar-refractivity contribution in [1.82, 2.24) is 5.32 Å². The van der Waals surface area contributed by atoms with Crippen molar-refractivity contribution < 1.29 is 13.6 Å². The number of hydrogen-bond donors (Lipinski definition) is 1. The monoisotopic (exact) mass is 344 g/mol. The lowest BCUT2D eigenvalue weighted by atomic mass is 10.1. The summed E-state index contributed by atoms with van der Waals surface area (Å²) in [4.78, 5) is 14.0. The number of carbonyl (C=O) groups excluding carboxylic acids is 1. The third-order valence-corrected chi connectivity index (χ3v) is 4.06. The molecule has 0 atom stereocenters. The number of para-hydroxylation sites is 1. The van der Waals surface area contributed by atoms with Crippen LogP contribution in [0.4, 0.5) is 14.5 Å². The number of aryl methyl sites for hydroxylation is 1. The second kappa shape index (κ2) is 6.49. The average molecular weight is 344 g/mol. The van der Waals surface area contributed by atoms with Crippen LogP contribution < -0.4 is 10.2 Å². The van der Waals surface area contributed by atoms with Gasteiger partial charge in [-0.05, 0) is 42.4 Å². The highest BCUT2D eigenvalue weighted by Crippen LogP contribution is 2.27. The highest BCUT2D eigenvalue weighted by molar-refractivity contribution is 7.80. The molecule has 0 radical (unpaired) electrons. The molecular formula is C18H14F2N2OS. The summed E-state index contributed by atoms with van der Waals surface area (Å²) in [5.41, 5.74) is 1.74. The van der Waals surface area contributed by atoms with Crippen molar-refractivity contribution in [3.8, 4) is 0 Å². The molecule has 0 bridgehead atoms. The summed E-state index contributed by atoms with van der Waals surface area (Å²) < 4.78 is 27.1. The first-order valence-electron chi connectivity index (χ1n) is 7.42. The lowest BCUT2D eigenvalue weighted by molar-refractivity contribution is -0.113. The van der Waals surface area contributed by atoms with Crippen LogP contribution in [0.5, 0.6) is 0 Å². The molecule has 3 nitrogen and oxygen atoms in total. The van der Waals surface area contributed by atoms with E-state index in [4.69, 9.17) is 12.2 Å². The van der Waals surface area contributed by atoms with Gasteiger partial charge in [0.05, 0.1) is 5.69 Å². The lowest BCUT2D eigenvalue weighted by Gasteiger charge is -2.17. The molecule has 1 heterocycles. The topological polar surface area (TPSA) is 32.3 Å². The predicted octanol–water partition coefficient (Wildman–Crippen LogP) is 3.79. The second-order valence-corrected chi connectivity index (χ2v) is 5.64. The molecule has 0 unspecified atom stereocenters. The van der Waals surface area contributed by atoms with Crippen LogP contribution in [0.3, 0.4) is 0 Å². The smallest absolute Gasteiger partial charge is 0.281 e. The number of rotatable bonds is 3. The van der Waals surface area contributed by atoms with Crippen molar-refractivity contribution in [3.63, 3.8) is 0 Å². The third kappa shape index (κ3) is 2.80. The van der Waals surface area contributed by atoms with E-state index in [1.807, 2.05) is 25.1 Å². The Labute approximate surface area is 143 Å². The van der Waals surface area contributed by atoms with E-state index in [0.29, 0.717) is 5.69 Å². The molecule has 1 fully saturated rings. The molecule has 1 N–H and O–H groups in total. The Morgan fingerprint density at radius 1 is 1.17 bits per heavy atom. The van der Waals surface area contributed by atoms with E-state index in [0.717, 1.165) is 18.1 Å². The number of benzene rings is 2. The van der Waals surface area contributed by atoms with Gasteiger partial charge in [0, 0.05) is 5.56 Å². The molecule has 0 spiro atoms. The summed E-state index contributed by atoms with van der Waals surface area (Å²) in [6.07, 6.45) is 2.00. The maximum atomic E-state index is 13.8. The van der Waals surface area contributed by atoms with Gasteiger partial charge in [0.25, 0.3) is 5.91 Å². The van der Waals surface area contributed by atoms with E-state index in [1.54, 1.807) is 6.07 Å². The van der Waals surface area contributed by atoms with Crippen LogP contribution >= 0.6 is 12.2 Å². The Balaban J connectivity index is 2.00. The molecule has 3 rings (SSSR count). The summed E-state index contributed by atoms with van der Waals surface area (Å²) in [6, 6.07) is 11.2. The summed E-state index contributed by atoms with van der Waals surface area (Å²) in [5, 5.41) is 2.99. The van der Waals surface area contributed by atoms with Crippen molar-refractivity contribution in [2.45, 2.75) is 13.3 Å². The zero-order valence-electron chi connectivity index (χ0n) is 12.8. The predicted molar refractivity (Wildman–Crippen MR) is 93.4 cm³/mol. The first-order valence-corrected chi connectivity index (χ1v) is 7.82. The normalized spacial score (nSPS) is 16.0. The number of hydrogen-bond acceptors (Lipinski definition) is 2. The van der Waals surface area contributed by atoms with Gasteiger partial charge in [0.2, 0.25) is 0 Å². The van der Waals surface area contributed by atoms with Crippen molar-refractivity contribution in [3.05, 3.63) is 70.9 Å². The SMILES string of the molecule is CCc1ccccc1N1C(=O)/C(=C/c2cccc(F)c2F)NC1=S. The van der Waals surface area contributed by atoms with E-state index >= 15 is 0 Å². The van der Waals surface area contributed by atoms with Gasteiger partial charge in [-0.1, -0.05) is 37.3 Å². The summed E-state index contributed by atoms with van der Waals surface area (Å²) in [7, 11) is 0. The number of nitrogens with zero attached hydrogens (tertiary/aromatic N) is 1. The number of nitrogens with one attached hydrogen (secondary N) is 1. The Kier molecular flexibility index (Phi) is 4.40. The van der Waals surface area contributed by atoms with E-state index in [1.165, 1.54) is 23.1 Å². The van der Waals surface area contributed by atoms with Gasteiger partial charge in [-0.3, -0.25) is 9.69 Å². The van der Waals surface area contributed by atoms with Gasteiger partial charge in [-0.25, -0.2) is 8.78 Å². The molecule has 122 valence electrons. The Morgan fingerprint density at radius 3 is 2.67 bits per heavy atom. The molecule has 2 aromatic rings. The lowest BCUT2D eigenvalue weighted by Crippen LogP contribution is -2.31. The highest BCUT2D eigenvalue weighted by Gasteiger charge is 2.33. The van der Waals surface area contributed by atoms with Crippen molar-refractivity contribution >= 4 is 35.0 Å². The molecule has 6 heteroatoms. The van der Waals surface area contributed by atoms with Crippen LogP contribution in [0.1, 0.15) is 18.1 Å². The molecule has 1 aliphatic rings. The molecule has 1 aliphatic heterocycles. The van der Waals surface area contributed by atoms with Gasteiger partial charge in [-0.2, -0.15) is 0 Å². The first-order chi connectivity index (χ1) is 11.5. The Hall–Kier alpha value is -2.60. The van der Waals surface area contributed by atoms with Gasteiger partial charge in [0.1, 0.15) is 5.70 Å². The van der Waals surface area contributed by atoms with Crippen LogP contribution in [-0.2, 0) is 11.2 Å². The highest BCUT2D eigenvalue weighted by atomic mass is 32.1. The van der Waals surface area contributed by atoms with Gasteiger partial charge in [0.15, 0.2) is 16.7 Å². The molecule has 1 amide bonds. The number of amides is 1. The summed E-state index contributed by atoms with van der Waals surface area (Å²) in [6.45, 7) is 1.98. The van der Waals surface area contributed by atoms with E-state index in [9.17, 15) is 13.6 Å². The van der Waals surface area contributed by atoms with Crippen molar-refractivity contribution in [2.24, 2.45) is 0 Å². The molecule has 1 saturated heterocycles. The fraction of sp³-hybridized carbons (Fsp3) is 0.111. The van der Waals surface area contributed by atoms with E-state index < -0.39 is 17.5 Å². The molecule has 24 heavy (non-hydrogen) atoms. The van der Waals surface area contributed by atoms with Crippen molar-refractivity contribution in [1.29, 1.82) is 0 Å². The Bertz CT molecular complexity index is 864. The number of halogens is 2. The number of thiocarbonyl (C=S) groups is 1. The van der Waals surface area contributed by atoms with Crippen LogP contribution in [0.15, 0.2) is 48.2 Å². The average Bonchev–Trinajstić information content (AvgIpc) is 2.85. The number of anilines is 1. The Morgan fingerprint density at radius 2 is 1.92 bits per heavy atom. The molecule has 0 aliphatic carbocycles. The zero-order chi connectivity index (χ0) is 17.3. The minimum absolute atomic E-state index is 0.0146. The van der Waals surface area contributed by atoms with Crippen LogP contribution in [0.25, 0.3) is 6.08 Å². The second-order valence-electron chi connectivity index (χ2n) is 5.25. The van der Waals surface area contributed by atoms with Crippen LogP contribution in [0, 0.1) is 11.6 Å². The fourth-order valence-electron chi connectivity index (χ4n) is 2.57. The maximum absolute atomic E-state index is 13.8. The molecule has 2 aromatic carbocycles. The molecular weight excluding hydrogens is 330 g/mol. The first kappa shape index (κ1) is 16.3. The molecule has 0 saturated carbocycles. The minimum atomic E-state index is -1.00. The molecule has 0 aromatic heterocycles. The quantitative estimate of drug-likeness (QED) is 0.679. The van der Waals surface area contributed by atoms with Crippen LogP contribution in [0.2, 0.25) is 0 Å². The third-order valence-electron chi connectivity index (χ3n) is 3.77. The minimum Gasteiger partial charge on any atom is -0.327 e. The largest absolute Gasteiger partial charge is 0.327 e. The maximum Gasteiger partial charge on any atom is 0.281 e. The summed E-state index contributed by atoms with van der Waals surface area (Å²) in [5.74, 6) is -2.37. The van der Waals surface area contributed by atoms with Gasteiger partial charge in [-0.15, -0.1) is 0 Å². The zero-order valence-corrected chi connectivity index (χ0v) is 13.7. The standard InChI is InChI=1S/C18H14F2N2OS/c1-2-11-6-3-4-9-15(11)22-17(23)14(21-18(22)24)10-12-7-5-8-13(19)16(12)20/h3-10H,2H2,1H3,(H,21,24)/b14-10-. The van der Waals surface area contributed by atoms with Crippen LogP contribution in [-0.4, -0.2) is 11.0 Å². The number of carbonyl (C=O) groups is 1. The van der Waals surface area contributed by atoms with Gasteiger partial charge >= 0.3 is 0 Å². The van der Waals surface area contributed by atoms with Crippen molar-refractivity contribution in [2.75, 3.05) is 4.90 Å². The summed E-state index contributed by atoms with van der Waals surface area (Å²) >= 11 is 5.24. The fourth-order valence-corrected chi connectivity index (χ4v) is 2.86.